The summed E-state index contributed by atoms with van der Waals surface area (Å²) in [5.74, 6) is -0.805. The molecule has 0 bridgehead atoms. The molecule has 1 aromatic carbocycles. The second-order valence-corrected chi connectivity index (χ2v) is 6.51. The van der Waals surface area contributed by atoms with Gasteiger partial charge in [-0.15, -0.1) is 0 Å². The normalized spacial score (nSPS) is 12.1. The third-order valence-electron chi connectivity index (χ3n) is 2.94. The van der Waals surface area contributed by atoms with Gasteiger partial charge < -0.3 is 4.57 Å². The van der Waals surface area contributed by atoms with Crippen LogP contribution < -0.4 is 5.14 Å². The van der Waals surface area contributed by atoms with Crippen LogP contribution in [0.15, 0.2) is 29.4 Å². The molecule has 2 aromatic rings. The Kier molecular flexibility index (Phi) is 4.11. The highest BCUT2D eigenvalue weighted by Gasteiger charge is 2.19. The van der Waals surface area contributed by atoms with E-state index in [4.69, 9.17) is 5.14 Å². The van der Waals surface area contributed by atoms with E-state index >= 15 is 0 Å². The summed E-state index contributed by atoms with van der Waals surface area (Å²) < 4.78 is 51.1. The van der Waals surface area contributed by atoms with Crippen molar-refractivity contribution >= 4 is 10.0 Å². The van der Waals surface area contributed by atoms with Crippen molar-refractivity contribution < 1.29 is 17.2 Å². The first-order chi connectivity index (χ1) is 9.68. The van der Waals surface area contributed by atoms with Gasteiger partial charge in [0.15, 0.2) is 5.03 Å². The summed E-state index contributed by atoms with van der Waals surface area (Å²) in [7, 11) is -3.95. The predicted molar refractivity (Wildman–Crippen MR) is 73.1 cm³/mol. The zero-order valence-corrected chi connectivity index (χ0v) is 12.4. The molecule has 8 heteroatoms. The second kappa shape index (κ2) is 5.53. The van der Waals surface area contributed by atoms with Crippen LogP contribution in [-0.2, 0) is 16.6 Å². The first-order valence-corrected chi connectivity index (χ1v) is 7.77. The van der Waals surface area contributed by atoms with E-state index in [0.717, 1.165) is 18.2 Å². The minimum absolute atomic E-state index is 0.0281. The third kappa shape index (κ3) is 3.45. The van der Waals surface area contributed by atoms with Crippen molar-refractivity contribution in [2.45, 2.75) is 31.3 Å². The van der Waals surface area contributed by atoms with Gasteiger partial charge in [-0.25, -0.2) is 27.3 Å². The van der Waals surface area contributed by atoms with Crippen LogP contribution >= 0.6 is 0 Å². The topological polar surface area (TPSA) is 78.0 Å². The van der Waals surface area contributed by atoms with Crippen LogP contribution in [0, 0.1) is 11.6 Å². The number of hydrogen-bond donors (Lipinski definition) is 1. The molecule has 0 aliphatic rings. The zero-order chi connectivity index (χ0) is 15.8. The molecule has 0 spiro atoms. The predicted octanol–water partition coefficient (Wildman–Crippen LogP) is 1.98. The molecule has 0 atom stereocenters. The van der Waals surface area contributed by atoms with Gasteiger partial charge in [0.05, 0.1) is 6.54 Å². The lowest BCUT2D eigenvalue weighted by molar-refractivity contribution is 0.569. The Morgan fingerprint density at radius 1 is 1.33 bits per heavy atom. The Balaban J connectivity index is 2.48. The highest BCUT2D eigenvalue weighted by molar-refractivity contribution is 7.89. The minimum Gasteiger partial charge on any atom is -0.329 e. The van der Waals surface area contributed by atoms with Crippen molar-refractivity contribution in [3.63, 3.8) is 0 Å². The number of sulfonamides is 1. The number of nitrogens with zero attached hydrogens (tertiary/aromatic N) is 2. The Morgan fingerprint density at radius 3 is 2.57 bits per heavy atom. The molecule has 5 nitrogen and oxygen atoms in total. The van der Waals surface area contributed by atoms with E-state index < -0.39 is 21.7 Å². The summed E-state index contributed by atoms with van der Waals surface area (Å²) in [5, 5.41) is 4.76. The van der Waals surface area contributed by atoms with Crippen LogP contribution in [0.3, 0.4) is 0 Å². The van der Waals surface area contributed by atoms with E-state index in [9.17, 15) is 17.2 Å². The Labute approximate surface area is 121 Å². The zero-order valence-electron chi connectivity index (χ0n) is 11.5. The minimum atomic E-state index is -3.95. The van der Waals surface area contributed by atoms with Crippen molar-refractivity contribution in [3.8, 4) is 0 Å². The van der Waals surface area contributed by atoms with Crippen molar-refractivity contribution in [3.05, 3.63) is 47.4 Å². The van der Waals surface area contributed by atoms with Gasteiger partial charge in [-0.05, 0) is 18.2 Å². The Hall–Kier alpha value is -1.80. The third-order valence-corrected chi connectivity index (χ3v) is 3.72. The lowest BCUT2D eigenvalue weighted by atomic mass is 10.1. The molecule has 1 aromatic heterocycles. The van der Waals surface area contributed by atoms with E-state index in [0.29, 0.717) is 5.82 Å². The van der Waals surface area contributed by atoms with Gasteiger partial charge in [0.25, 0.3) is 10.0 Å². The monoisotopic (exact) mass is 315 g/mol. The van der Waals surface area contributed by atoms with Gasteiger partial charge in [0.2, 0.25) is 0 Å². The average Bonchev–Trinajstić information content (AvgIpc) is 2.78. The highest BCUT2D eigenvalue weighted by atomic mass is 32.2. The molecular formula is C13H15F2N3O2S. The molecular weight excluding hydrogens is 300 g/mol. The number of aromatic nitrogens is 2. The van der Waals surface area contributed by atoms with E-state index in [1.807, 2.05) is 13.8 Å². The maximum Gasteiger partial charge on any atom is 0.257 e. The maximum absolute atomic E-state index is 13.7. The quantitative estimate of drug-likeness (QED) is 0.937. The smallest absolute Gasteiger partial charge is 0.257 e. The summed E-state index contributed by atoms with van der Waals surface area (Å²) >= 11 is 0. The van der Waals surface area contributed by atoms with Crippen molar-refractivity contribution in [1.82, 2.24) is 9.55 Å². The average molecular weight is 315 g/mol. The number of imidazole rings is 1. The van der Waals surface area contributed by atoms with Crippen LogP contribution in [0.4, 0.5) is 8.78 Å². The van der Waals surface area contributed by atoms with Crippen molar-refractivity contribution in [2.24, 2.45) is 5.14 Å². The van der Waals surface area contributed by atoms with Crippen LogP contribution in [0.25, 0.3) is 0 Å². The van der Waals surface area contributed by atoms with Gasteiger partial charge in [0, 0.05) is 17.7 Å². The molecule has 0 radical (unpaired) electrons. The van der Waals surface area contributed by atoms with E-state index in [1.54, 1.807) is 0 Å². The van der Waals surface area contributed by atoms with E-state index in [1.165, 1.54) is 10.8 Å². The Bertz CT molecular complexity index is 770. The standard InChI is InChI=1S/C13H15F2N3O2S/c1-8(2)13-17-12(21(16,19)20)7-18(13)6-9-5-10(14)3-4-11(9)15/h3-5,7-8H,6H2,1-2H3,(H2,16,19,20). The molecule has 0 aliphatic heterocycles. The lowest BCUT2D eigenvalue weighted by Crippen LogP contribution is -2.12. The summed E-state index contributed by atoms with van der Waals surface area (Å²) in [6, 6.07) is 3.11. The SMILES string of the molecule is CC(C)c1nc(S(N)(=O)=O)cn1Cc1cc(F)ccc1F. The number of benzene rings is 1. The van der Waals surface area contributed by atoms with Crippen LogP contribution in [-0.4, -0.2) is 18.0 Å². The summed E-state index contributed by atoms with van der Waals surface area (Å²) in [6.07, 6.45) is 1.23. The molecule has 2 rings (SSSR count). The largest absolute Gasteiger partial charge is 0.329 e. The summed E-state index contributed by atoms with van der Waals surface area (Å²) in [5.41, 5.74) is 0.107. The van der Waals surface area contributed by atoms with Crippen LogP contribution in [0.5, 0.6) is 0 Å². The second-order valence-electron chi connectivity index (χ2n) is 5.00. The first kappa shape index (κ1) is 15.6. The Morgan fingerprint density at radius 2 is 2.00 bits per heavy atom. The summed E-state index contributed by atoms with van der Waals surface area (Å²) in [4.78, 5) is 3.96. The van der Waals surface area contributed by atoms with E-state index in [2.05, 4.69) is 4.98 Å². The number of rotatable bonds is 4. The highest BCUT2D eigenvalue weighted by Crippen LogP contribution is 2.19. The van der Waals surface area contributed by atoms with Crippen molar-refractivity contribution in [1.29, 1.82) is 0 Å². The molecule has 1 heterocycles. The number of nitrogens with two attached hydrogens (primary N) is 1. The molecule has 0 aliphatic carbocycles. The summed E-state index contributed by atoms with van der Waals surface area (Å²) in [6.45, 7) is 3.60. The molecule has 21 heavy (non-hydrogen) atoms. The molecule has 114 valence electrons. The molecule has 0 saturated carbocycles. The fourth-order valence-corrected chi connectivity index (χ4v) is 2.47. The molecule has 2 N–H and O–H groups in total. The van der Waals surface area contributed by atoms with Gasteiger partial charge in [-0.3, -0.25) is 0 Å². The van der Waals surface area contributed by atoms with Gasteiger partial charge >= 0.3 is 0 Å². The van der Waals surface area contributed by atoms with Crippen LogP contribution in [0.2, 0.25) is 0 Å². The molecule has 0 saturated heterocycles. The molecule has 0 unspecified atom stereocenters. The maximum atomic E-state index is 13.7. The van der Waals surface area contributed by atoms with Gasteiger partial charge in [-0.1, -0.05) is 13.8 Å². The molecule has 0 fully saturated rings. The fraction of sp³-hybridized carbons (Fsp3) is 0.308. The molecule has 0 amide bonds. The van der Waals surface area contributed by atoms with Crippen molar-refractivity contribution in [2.75, 3.05) is 0 Å². The number of hydrogen-bond acceptors (Lipinski definition) is 3. The number of primary sulfonamides is 1. The van der Waals surface area contributed by atoms with Gasteiger partial charge in [-0.2, -0.15) is 0 Å². The first-order valence-electron chi connectivity index (χ1n) is 6.22. The fourth-order valence-electron chi connectivity index (χ4n) is 1.98. The number of halogens is 2. The van der Waals surface area contributed by atoms with Crippen LogP contribution in [0.1, 0.15) is 31.2 Å². The van der Waals surface area contributed by atoms with Gasteiger partial charge in [0.1, 0.15) is 17.5 Å². The van der Waals surface area contributed by atoms with E-state index in [-0.39, 0.29) is 23.1 Å². The lowest BCUT2D eigenvalue weighted by Gasteiger charge is -2.10.